The first-order valence-electron chi connectivity index (χ1n) is 7.13. The summed E-state index contributed by atoms with van der Waals surface area (Å²) < 4.78 is 2.52. The van der Waals surface area contributed by atoms with Crippen molar-refractivity contribution >= 4 is 17.6 Å². The first-order valence-corrected chi connectivity index (χ1v) is 8.36. The molecule has 3 rings (SSSR count). The fraction of sp³-hybridized carbons (Fsp3) is 0.786. The summed E-state index contributed by atoms with van der Waals surface area (Å²) in [6.45, 7) is 3.23. The molecule has 0 atom stereocenters. The topological polar surface area (TPSA) is 43.8 Å². The minimum atomic E-state index is 0.229. The van der Waals surface area contributed by atoms with Crippen molar-refractivity contribution < 1.29 is 0 Å². The molecular formula is C14H23N3S. The Hall–Kier alpha value is -0.640. The van der Waals surface area contributed by atoms with Gasteiger partial charge in [-0.2, -0.15) is 11.8 Å². The molecule has 2 aliphatic rings. The number of rotatable bonds is 5. The van der Waals surface area contributed by atoms with Gasteiger partial charge in [0.05, 0.1) is 10.4 Å². The van der Waals surface area contributed by atoms with E-state index < -0.39 is 0 Å². The van der Waals surface area contributed by atoms with Crippen molar-refractivity contribution in [2.24, 2.45) is 0 Å². The predicted octanol–water partition coefficient (Wildman–Crippen LogP) is 3.49. The summed E-state index contributed by atoms with van der Waals surface area (Å²) in [5, 5.41) is 0. The van der Waals surface area contributed by atoms with Gasteiger partial charge in [-0.15, -0.1) is 0 Å². The number of anilines is 1. The average Bonchev–Trinajstić information content (AvgIpc) is 3.09. The minimum Gasteiger partial charge on any atom is -0.383 e. The second-order valence-electron chi connectivity index (χ2n) is 5.68. The summed E-state index contributed by atoms with van der Waals surface area (Å²) in [5.41, 5.74) is 7.61. The Morgan fingerprint density at radius 1 is 1.44 bits per heavy atom. The third-order valence-corrected chi connectivity index (χ3v) is 5.79. The second kappa shape index (κ2) is 4.48. The molecule has 1 aromatic heterocycles. The maximum Gasteiger partial charge on any atom is 0.128 e. The lowest BCUT2D eigenvalue weighted by Crippen LogP contribution is -2.31. The van der Waals surface area contributed by atoms with Gasteiger partial charge in [0.15, 0.2) is 0 Å². The maximum atomic E-state index is 6.41. The van der Waals surface area contributed by atoms with Gasteiger partial charge in [-0.1, -0.05) is 6.92 Å². The zero-order chi connectivity index (χ0) is 12.8. The Morgan fingerprint density at radius 3 is 2.61 bits per heavy atom. The van der Waals surface area contributed by atoms with Gasteiger partial charge in [0.1, 0.15) is 11.6 Å². The van der Waals surface area contributed by atoms with Crippen LogP contribution in [0.15, 0.2) is 0 Å². The van der Waals surface area contributed by atoms with Crippen LogP contribution in [0.3, 0.4) is 0 Å². The van der Waals surface area contributed by atoms with Crippen molar-refractivity contribution in [1.82, 2.24) is 9.55 Å². The van der Waals surface area contributed by atoms with Crippen molar-refractivity contribution in [3.63, 3.8) is 0 Å². The van der Waals surface area contributed by atoms with E-state index in [1.165, 1.54) is 43.6 Å². The van der Waals surface area contributed by atoms with Crippen LogP contribution in [0.25, 0.3) is 0 Å². The first kappa shape index (κ1) is 12.4. The van der Waals surface area contributed by atoms with Gasteiger partial charge < -0.3 is 10.3 Å². The van der Waals surface area contributed by atoms with Gasteiger partial charge in [0.25, 0.3) is 0 Å². The molecule has 0 amide bonds. The standard InChI is InChI=1S/C14H23N3S/c1-3-9-17-12(15)11(14(18-2)7-4-8-14)16-13(17)10-5-6-10/h10H,3-9,15H2,1-2H3. The largest absolute Gasteiger partial charge is 0.383 e. The monoisotopic (exact) mass is 265 g/mol. The van der Waals surface area contributed by atoms with Crippen LogP contribution in [0.4, 0.5) is 5.82 Å². The van der Waals surface area contributed by atoms with E-state index in [0.29, 0.717) is 5.92 Å². The van der Waals surface area contributed by atoms with Crippen LogP contribution in [0, 0.1) is 0 Å². The molecule has 2 saturated carbocycles. The number of imidazole rings is 1. The highest BCUT2D eigenvalue weighted by atomic mass is 32.2. The van der Waals surface area contributed by atoms with Crippen molar-refractivity contribution in [3.8, 4) is 0 Å². The van der Waals surface area contributed by atoms with Gasteiger partial charge in [-0.25, -0.2) is 4.98 Å². The number of hydrogen-bond acceptors (Lipinski definition) is 3. The lowest BCUT2D eigenvalue weighted by molar-refractivity contribution is 0.367. The molecular weight excluding hydrogens is 242 g/mol. The van der Waals surface area contributed by atoms with Crippen LogP contribution in [0.2, 0.25) is 0 Å². The van der Waals surface area contributed by atoms with Crippen molar-refractivity contribution in [2.45, 2.75) is 62.7 Å². The summed E-state index contributed by atoms with van der Waals surface area (Å²) in [7, 11) is 0. The Bertz CT molecular complexity index is 439. The normalized spacial score (nSPS) is 21.9. The van der Waals surface area contributed by atoms with Crippen LogP contribution in [-0.4, -0.2) is 15.8 Å². The summed E-state index contributed by atoms with van der Waals surface area (Å²) >= 11 is 1.94. The Balaban J connectivity index is 2.01. The maximum absolute atomic E-state index is 6.41. The van der Waals surface area contributed by atoms with Crippen molar-refractivity contribution in [1.29, 1.82) is 0 Å². The molecule has 0 aliphatic heterocycles. The van der Waals surface area contributed by atoms with E-state index in [4.69, 9.17) is 10.7 Å². The number of aromatic nitrogens is 2. The molecule has 18 heavy (non-hydrogen) atoms. The van der Waals surface area contributed by atoms with Crippen LogP contribution < -0.4 is 5.73 Å². The quantitative estimate of drug-likeness (QED) is 0.886. The number of nitrogens with zero attached hydrogens (tertiary/aromatic N) is 2. The molecule has 4 heteroatoms. The lowest BCUT2D eigenvalue weighted by Gasteiger charge is -2.39. The zero-order valence-electron chi connectivity index (χ0n) is 11.4. The Labute approximate surface area is 114 Å². The molecule has 0 radical (unpaired) electrons. The number of hydrogen-bond donors (Lipinski definition) is 1. The molecule has 0 bridgehead atoms. The summed E-state index contributed by atoms with van der Waals surface area (Å²) in [4.78, 5) is 4.97. The number of nitrogen functional groups attached to an aromatic ring is 1. The highest BCUT2D eigenvalue weighted by molar-refractivity contribution is 7.99. The SMILES string of the molecule is CCCn1c(C2CC2)nc(C2(SC)CCC2)c1N. The van der Waals surface area contributed by atoms with E-state index in [9.17, 15) is 0 Å². The molecule has 0 saturated heterocycles. The Kier molecular flexibility index (Phi) is 3.08. The van der Waals surface area contributed by atoms with Crippen LogP contribution >= 0.6 is 11.8 Å². The molecule has 1 heterocycles. The summed E-state index contributed by atoms with van der Waals surface area (Å²) in [5.74, 6) is 2.91. The third-order valence-electron chi connectivity index (χ3n) is 4.41. The summed E-state index contributed by atoms with van der Waals surface area (Å²) in [6, 6.07) is 0. The highest BCUT2D eigenvalue weighted by Crippen LogP contribution is 2.53. The van der Waals surface area contributed by atoms with E-state index >= 15 is 0 Å². The van der Waals surface area contributed by atoms with Gasteiger partial charge in [-0.05, 0) is 44.8 Å². The first-order chi connectivity index (χ1) is 8.72. The van der Waals surface area contributed by atoms with Gasteiger partial charge in [-0.3, -0.25) is 0 Å². The van der Waals surface area contributed by atoms with Crippen molar-refractivity contribution in [3.05, 3.63) is 11.5 Å². The molecule has 2 aliphatic carbocycles. The van der Waals surface area contributed by atoms with Crippen LogP contribution in [0.1, 0.15) is 62.9 Å². The lowest BCUT2D eigenvalue weighted by atomic mass is 9.81. The molecule has 0 unspecified atom stereocenters. The van der Waals surface area contributed by atoms with Gasteiger partial charge >= 0.3 is 0 Å². The molecule has 1 aromatic rings. The van der Waals surface area contributed by atoms with Crippen molar-refractivity contribution in [2.75, 3.05) is 12.0 Å². The fourth-order valence-electron chi connectivity index (χ4n) is 2.97. The Morgan fingerprint density at radius 2 is 2.17 bits per heavy atom. The van der Waals surface area contributed by atoms with Crippen LogP contribution in [0.5, 0.6) is 0 Å². The highest BCUT2D eigenvalue weighted by Gasteiger charge is 2.43. The molecule has 2 N–H and O–H groups in total. The smallest absolute Gasteiger partial charge is 0.128 e. The van der Waals surface area contributed by atoms with Crippen LogP contribution in [-0.2, 0) is 11.3 Å². The molecule has 0 spiro atoms. The number of nitrogens with two attached hydrogens (primary N) is 1. The van der Waals surface area contributed by atoms with E-state index in [1.54, 1.807) is 0 Å². The number of thioether (sulfide) groups is 1. The third kappa shape index (κ3) is 1.77. The molecule has 0 aromatic carbocycles. The van der Waals surface area contributed by atoms with E-state index in [2.05, 4.69) is 17.7 Å². The zero-order valence-corrected chi connectivity index (χ0v) is 12.2. The predicted molar refractivity (Wildman–Crippen MR) is 77.9 cm³/mol. The summed E-state index contributed by atoms with van der Waals surface area (Å²) in [6.07, 6.45) is 9.73. The average molecular weight is 265 g/mol. The molecule has 2 fully saturated rings. The second-order valence-corrected chi connectivity index (χ2v) is 6.87. The molecule has 3 nitrogen and oxygen atoms in total. The fourth-order valence-corrected chi connectivity index (χ4v) is 4.01. The van der Waals surface area contributed by atoms with E-state index in [-0.39, 0.29) is 4.75 Å². The minimum absolute atomic E-state index is 0.229. The molecule has 100 valence electrons. The van der Waals surface area contributed by atoms with Gasteiger partial charge in [0, 0.05) is 12.5 Å². The van der Waals surface area contributed by atoms with E-state index in [0.717, 1.165) is 18.8 Å². The van der Waals surface area contributed by atoms with E-state index in [1.807, 2.05) is 11.8 Å². The van der Waals surface area contributed by atoms with Gasteiger partial charge in [0.2, 0.25) is 0 Å².